The van der Waals surface area contributed by atoms with Crippen molar-refractivity contribution in [3.63, 3.8) is 0 Å². The Hall–Kier alpha value is -3.28. The van der Waals surface area contributed by atoms with Crippen molar-refractivity contribution in [2.45, 2.75) is 6.18 Å². The fourth-order valence-electron chi connectivity index (χ4n) is 2.55. The zero-order valence-corrected chi connectivity index (χ0v) is 15.2. The Labute approximate surface area is 162 Å². The lowest BCUT2D eigenvalue weighted by atomic mass is 10.1. The van der Waals surface area contributed by atoms with Crippen LogP contribution in [-0.2, 0) is 14.3 Å². The number of benzene rings is 1. The highest BCUT2D eigenvalue weighted by Gasteiger charge is 2.35. The van der Waals surface area contributed by atoms with E-state index in [-0.39, 0.29) is 48.0 Å². The number of hydrogen-bond donors (Lipinski definition) is 3. The highest BCUT2D eigenvalue weighted by atomic mass is 19.4. The van der Waals surface area contributed by atoms with E-state index in [1.165, 1.54) is 0 Å². The van der Waals surface area contributed by atoms with Crippen LogP contribution < -0.4 is 15.8 Å². The standard InChI is InChI=1S/C17H18F3N3O6/c1-28-16(27)10-7-23(4-5-24)15(26)13(10)22-11-6-9(14(21)25)2-3-12(11)29-8-17(18,19)20/h2-3,6,22,24H,4-5,7-8H2,1H3,(H2,21,25). The van der Waals surface area contributed by atoms with Crippen LogP contribution in [0.15, 0.2) is 29.5 Å². The number of carbonyl (C=O) groups excluding carboxylic acids is 3. The summed E-state index contributed by atoms with van der Waals surface area (Å²) in [5, 5.41) is 11.6. The number of halogens is 3. The first-order valence-corrected chi connectivity index (χ1v) is 8.19. The average molecular weight is 417 g/mol. The van der Waals surface area contributed by atoms with Crippen molar-refractivity contribution in [3.8, 4) is 5.75 Å². The normalized spacial score (nSPS) is 14.2. The third-order valence-corrected chi connectivity index (χ3v) is 3.87. The Kier molecular flexibility index (Phi) is 6.69. The molecule has 9 nitrogen and oxygen atoms in total. The van der Waals surface area contributed by atoms with Gasteiger partial charge in [0, 0.05) is 12.1 Å². The van der Waals surface area contributed by atoms with E-state index >= 15 is 0 Å². The van der Waals surface area contributed by atoms with Crippen LogP contribution in [-0.4, -0.2) is 67.4 Å². The van der Waals surface area contributed by atoms with Gasteiger partial charge in [-0.1, -0.05) is 0 Å². The lowest BCUT2D eigenvalue weighted by Gasteiger charge is -2.17. The summed E-state index contributed by atoms with van der Waals surface area (Å²) in [6.45, 7) is -2.25. The number of ether oxygens (including phenoxy) is 2. The Morgan fingerprint density at radius 1 is 1.34 bits per heavy atom. The van der Waals surface area contributed by atoms with Gasteiger partial charge in [-0.25, -0.2) is 4.79 Å². The summed E-state index contributed by atoms with van der Waals surface area (Å²) in [6, 6.07) is 3.33. The van der Waals surface area contributed by atoms with E-state index in [0.717, 1.165) is 30.2 Å². The van der Waals surface area contributed by atoms with E-state index in [4.69, 9.17) is 15.6 Å². The van der Waals surface area contributed by atoms with Crippen LogP contribution in [0.3, 0.4) is 0 Å². The summed E-state index contributed by atoms with van der Waals surface area (Å²) in [6.07, 6.45) is -4.63. The van der Waals surface area contributed by atoms with E-state index in [1.54, 1.807) is 0 Å². The van der Waals surface area contributed by atoms with Crippen LogP contribution in [0.25, 0.3) is 0 Å². The largest absolute Gasteiger partial charge is 0.482 e. The van der Waals surface area contributed by atoms with Gasteiger partial charge in [0.25, 0.3) is 5.91 Å². The van der Waals surface area contributed by atoms with Crippen molar-refractivity contribution in [1.82, 2.24) is 4.90 Å². The second-order valence-electron chi connectivity index (χ2n) is 5.90. The molecule has 29 heavy (non-hydrogen) atoms. The Morgan fingerprint density at radius 2 is 2.03 bits per heavy atom. The highest BCUT2D eigenvalue weighted by Crippen LogP contribution is 2.31. The molecular weight excluding hydrogens is 399 g/mol. The van der Waals surface area contributed by atoms with Crippen molar-refractivity contribution < 1.29 is 42.1 Å². The first kappa shape index (κ1) is 22.0. The second-order valence-corrected chi connectivity index (χ2v) is 5.90. The van der Waals surface area contributed by atoms with Gasteiger partial charge in [-0.3, -0.25) is 9.59 Å². The maximum absolute atomic E-state index is 12.6. The van der Waals surface area contributed by atoms with Gasteiger partial charge in [0.15, 0.2) is 6.61 Å². The summed E-state index contributed by atoms with van der Waals surface area (Å²) < 4.78 is 46.9. The molecule has 2 amide bonds. The van der Waals surface area contributed by atoms with Gasteiger partial charge in [-0.15, -0.1) is 0 Å². The number of nitrogens with one attached hydrogen (secondary N) is 1. The number of rotatable bonds is 8. The minimum Gasteiger partial charge on any atom is -0.482 e. The van der Waals surface area contributed by atoms with E-state index < -0.39 is 30.6 Å². The minimum atomic E-state index is -4.63. The topological polar surface area (TPSA) is 131 Å². The van der Waals surface area contributed by atoms with E-state index in [2.05, 4.69) is 10.1 Å². The van der Waals surface area contributed by atoms with Crippen molar-refractivity contribution in [2.75, 3.05) is 38.7 Å². The molecule has 0 spiro atoms. The van der Waals surface area contributed by atoms with Crippen LogP contribution in [0.4, 0.5) is 18.9 Å². The van der Waals surface area contributed by atoms with Crippen molar-refractivity contribution in [1.29, 1.82) is 0 Å². The van der Waals surface area contributed by atoms with E-state index in [9.17, 15) is 27.6 Å². The molecule has 0 aromatic heterocycles. The fraction of sp³-hybridized carbons (Fsp3) is 0.353. The molecule has 1 aromatic carbocycles. The number of primary amides is 1. The van der Waals surface area contributed by atoms with Gasteiger partial charge < -0.3 is 30.5 Å². The molecule has 1 aliphatic heterocycles. The molecule has 0 atom stereocenters. The minimum absolute atomic E-state index is 0.0651. The van der Waals surface area contributed by atoms with Gasteiger partial charge >= 0.3 is 12.1 Å². The molecular formula is C17H18F3N3O6. The number of carbonyl (C=O) groups is 3. The molecule has 0 fully saturated rings. The molecule has 0 radical (unpaired) electrons. The number of aliphatic hydroxyl groups is 1. The molecule has 0 bridgehead atoms. The molecule has 2 rings (SSSR count). The number of methoxy groups -OCH3 is 1. The first-order chi connectivity index (χ1) is 13.6. The maximum Gasteiger partial charge on any atom is 0.422 e. The van der Waals surface area contributed by atoms with Gasteiger partial charge in [0.2, 0.25) is 5.91 Å². The van der Waals surface area contributed by atoms with Crippen LogP contribution >= 0.6 is 0 Å². The van der Waals surface area contributed by atoms with Crippen molar-refractivity contribution >= 4 is 23.5 Å². The molecule has 1 aromatic rings. The number of alkyl halides is 3. The Morgan fingerprint density at radius 3 is 2.59 bits per heavy atom. The van der Waals surface area contributed by atoms with Crippen LogP contribution in [0, 0.1) is 0 Å². The van der Waals surface area contributed by atoms with Gasteiger partial charge in [0.1, 0.15) is 11.4 Å². The molecule has 12 heteroatoms. The van der Waals surface area contributed by atoms with Crippen molar-refractivity contribution in [3.05, 3.63) is 35.0 Å². The predicted octanol–water partition coefficient (Wildman–Crippen LogP) is 0.400. The predicted molar refractivity (Wildman–Crippen MR) is 92.8 cm³/mol. The number of amides is 2. The number of β-amino-alcohol motifs (C(OH)–C–C–N with tert-alkyl or cyclic N) is 1. The number of anilines is 1. The number of hydrogen-bond acceptors (Lipinski definition) is 7. The molecule has 1 heterocycles. The summed E-state index contributed by atoms with van der Waals surface area (Å²) in [7, 11) is 1.09. The Bertz CT molecular complexity index is 853. The van der Waals surface area contributed by atoms with Crippen LogP contribution in [0.5, 0.6) is 5.75 Å². The summed E-state index contributed by atoms with van der Waals surface area (Å²) in [5.41, 5.74) is 4.57. The molecule has 0 unspecified atom stereocenters. The average Bonchev–Trinajstić information content (AvgIpc) is 2.95. The lowest BCUT2D eigenvalue weighted by Crippen LogP contribution is -2.31. The lowest BCUT2D eigenvalue weighted by molar-refractivity contribution is -0.153. The molecule has 158 valence electrons. The molecule has 4 N–H and O–H groups in total. The monoisotopic (exact) mass is 417 g/mol. The number of nitrogens with zero attached hydrogens (tertiary/aromatic N) is 1. The quantitative estimate of drug-likeness (QED) is 0.522. The molecule has 0 saturated carbocycles. The molecule has 0 saturated heterocycles. The zero-order valence-electron chi connectivity index (χ0n) is 15.2. The Balaban J connectivity index is 2.44. The molecule has 1 aliphatic rings. The van der Waals surface area contributed by atoms with E-state index in [0.29, 0.717) is 0 Å². The number of nitrogens with two attached hydrogens (primary N) is 1. The van der Waals surface area contributed by atoms with Crippen LogP contribution in [0.1, 0.15) is 10.4 Å². The van der Waals surface area contributed by atoms with Gasteiger partial charge in [-0.05, 0) is 18.2 Å². The third kappa shape index (κ3) is 5.38. The van der Waals surface area contributed by atoms with Crippen molar-refractivity contribution in [2.24, 2.45) is 5.73 Å². The first-order valence-electron chi connectivity index (χ1n) is 8.19. The second kappa shape index (κ2) is 8.82. The smallest absolute Gasteiger partial charge is 0.422 e. The third-order valence-electron chi connectivity index (χ3n) is 3.87. The van der Waals surface area contributed by atoms with Gasteiger partial charge in [0.05, 0.1) is 31.5 Å². The SMILES string of the molecule is COC(=O)C1=C(Nc2cc(C(N)=O)ccc2OCC(F)(F)F)C(=O)N(CCO)C1. The number of aliphatic hydroxyl groups excluding tert-OH is 1. The fourth-order valence-corrected chi connectivity index (χ4v) is 2.55. The zero-order chi connectivity index (χ0) is 21.8. The van der Waals surface area contributed by atoms with Crippen LogP contribution in [0.2, 0.25) is 0 Å². The molecule has 0 aliphatic carbocycles. The van der Waals surface area contributed by atoms with Gasteiger partial charge in [-0.2, -0.15) is 13.2 Å². The summed E-state index contributed by atoms with van der Waals surface area (Å²) >= 11 is 0. The number of esters is 1. The maximum atomic E-state index is 12.6. The summed E-state index contributed by atoms with van der Waals surface area (Å²) in [5.74, 6) is -2.72. The highest BCUT2D eigenvalue weighted by molar-refractivity contribution is 6.09. The van der Waals surface area contributed by atoms with E-state index in [1.807, 2.05) is 0 Å². The summed E-state index contributed by atoms with van der Waals surface area (Å²) in [4.78, 5) is 37.1.